The van der Waals surface area contributed by atoms with E-state index in [2.05, 4.69) is 17.4 Å². The van der Waals surface area contributed by atoms with Gasteiger partial charge in [0, 0.05) is 13.2 Å². The third-order valence-electron chi connectivity index (χ3n) is 2.18. The van der Waals surface area contributed by atoms with Crippen LogP contribution in [0.2, 0.25) is 0 Å². The number of oxime groups is 1. The first-order chi connectivity index (χ1) is 6.69. The van der Waals surface area contributed by atoms with Crippen LogP contribution in [0.4, 0.5) is 0 Å². The first-order valence-electron chi connectivity index (χ1n) is 4.91. The zero-order valence-corrected chi connectivity index (χ0v) is 9.16. The maximum atomic E-state index is 8.54. The molecule has 0 fully saturated rings. The Morgan fingerprint density at radius 3 is 2.50 bits per heavy atom. The third-order valence-corrected chi connectivity index (χ3v) is 2.18. The fourth-order valence-corrected chi connectivity index (χ4v) is 1.25. The van der Waals surface area contributed by atoms with Crippen LogP contribution in [-0.4, -0.2) is 36.8 Å². The fourth-order valence-electron chi connectivity index (χ4n) is 1.25. The Labute approximate surface area is 85.3 Å². The Morgan fingerprint density at radius 2 is 2.14 bits per heavy atom. The summed E-state index contributed by atoms with van der Waals surface area (Å²) in [6, 6.07) is 0.158. The minimum atomic E-state index is -0.0832. The van der Waals surface area contributed by atoms with E-state index in [1.165, 1.54) is 0 Å². The molecule has 5 nitrogen and oxygen atoms in total. The van der Waals surface area contributed by atoms with Crippen LogP contribution in [-0.2, 0) is 4.74 Å². The molecule has 0 bridgehead atoms. The van der Waals surface area contributed by atoms with E-state index in [0.29, 0.717) is 6.61 Å². The van der Waals surface area contributed by atoms with Gasteiger partial charge in [0.2, 0.25) is 0 Å². The van der Waals surface area contributed by atoms with Crippen LogP contribution in [0, 0.1) is 0 Å². The zero-order chi connectivity index (χ0) is 11.0. The summed E-state index contributed by atoms with van der Waals surface area (Å²) in [5, 5.41) is 14.8. The van der Waals surface area contributed by atoms with E-state index in [-0.39, 0.29) is 17.9 Å². The highest BCUT2D eigenvalue weighted by Gasteiger charge is 2.15. The summed E-state index contributed by atoms with van der Waals surface area (Å²) in [7, 11) is 1.66. The number of nitrogens with two attached hydrogens (primary N) is 1. The van der Waals surface area contributed by atoms with E-state index in [1.54, 1.807) is 7.11 Å². The van der Waals surface area contributed by atoms with Crippen molar-refractivity contribution in [3.05, 3.63) is 0 Å². The quantitative estimate of drug-likeness (QED) is 0.244. The molecule has 0 aromatic carbocycles. The lowest BCUT2D eigenvalue weighted by Crippen LogP contribution is -2.47. The van der Waals surface area contributed by atoms with Crippen molar-refractivity contribution in [3.8, 4) is 0 Å². The molecular formula is C9H21N3O2. The van der Waals surface area contributed by atoms with E-state index in [0.717, 1.165) is 12.8 Å². The number of nitrogens with zero attached hydrogens (tertiary/aromatic N) is 1. The molecule has 0 aliphatic heterocycles. The largest absolute Gasteiger partial charge is 0.409 e. The molecule has 0 saturated carbocycles. The highest BCUT2D eigenvalue weighted by atomic mass is 16.5. The topological polar surface area (TPSA) is 79.9 Å². The van der Waals surface area contributed by atoms with E-state index in [9.17, 15) is 0 Å². The summed E-state index contributed by atoms with van der Waals surface area (Å²) >= 11 is 0. The number of hydrogen-bond donors (Lipinski definition) is 3. The molecule has 0 spiro atoms. The van der Waals surface area contributed by atoms with Gasteiger partial charge in [0.25, 0.3) is 0 Å². The molecule has 0 aliphatic carbocycles. The van der Waals surface area contributed by atoms with E-state index in [4.69, 9.17) is 15.7 Å². The van der Waals surface area contributed by atoms with Gasteiger partial charge in [0.1, 0.15) is 0 Å². The van der Waals surface area contributed by atoms with E-state index >= 15 is 0 Å². The summed E-state index contributed by atoms with van der Waals surface area (Å²) in [4.78, 5) is 0. The first-order valence-corrected chi connectivity index (χ1v) is 4.91. The SMILES string of the molecule is CCC(COC)NC(CC)C(N)=NO. The lowest BCUT2D eigenvalue weighted by Gasteiger charge is -2.22. The van der Waals surface area contributed by atoms with Crippen LogP contribution in [0.15, 0.2) is 5.16 Å². The van der Waals surface area contributed by atoms with Crippen LogP contribution in [0.1, 0.15) is 26.7 Å². The zero-order valence-electron chi connectivity index (χ0n) is 9.16. The highest BCUT2D eigenvalue weighted by molar-refractivity contribution is 5.85. The van der Waals surface area contributed by atoms with Crippen LogP contribution in [0.25, 0.3) is 0 Å². The fraction of sp³-hybridized carbons (Fsp3) is 0.889. The Balaban J connectivity index is 4.13. The lowest BCUT2D eigenvalue weighted by atomic mass is 10.1. The highest BCUT2D eigenvalue weighted by Crippen LogP contribution is 1.98. The Kier molecular flexibility index (Phi) is 7.14. The van der Waals surface area contributed by atoms with Gasteiger partial charge in [-0.1, -0.05) is 19.0 Å². The summed E-state index contributed by atoms with van der Waals surface area (Å²) < 4.78 is 5.05. The minimum Gasteiger partial charge on any atom is -0.409 e. The maximum absolute atomic E-state index is 8.54. The van der Waals surface area contributed by atoms with Gasteiger partial charge in [0.15, 0.2) is 5.84 Å². The number of nitrogens with one attached hydrogen (secondary N) is 1. The first kappa shape index (κ1) is 13.2. The second-order valence-corrected chi connectivity index (χ2v) is 3.21. The predicted octanol–water partition coefficient (Wildman–Crippen LogP) is 0.526. The molecule has 0 aromatic rings. The van der Waals surface area contributed by atoms with E-state index < -0.39 is 0 Å². The van der Waals surface area contributed by atoms with E-state index in [1.807, 2.05) is 6.92 Å². The van der Waals surface area contributed by atoms with Crippen LogP contribution in [0.5, 0.6) is 0 Å². The minimum absolute atomic E-state index is 0.0832. The summed E-state index contributed by atoms with van der Waals surface area (Å²) in [5.74, 6) is 0.224. The van der Waals surface area contributed by atoms with Gasteiger partial charge in [-0.15, -0.1) is 0 Å². The molecule has 0 aliphatic rings. The van der Waals surface area contributed by atoms with Gasteiger partial charge in [-0.25, -0.2) is 0 Å². The lowest BCUT2D eigenvalue weighted by molar-refractivity contribution is 0.161. The molecular weight excluding hydrogens is 182 g/mol. The third kappa shape index (κ3) is 4.43. The van der Waals surface area contributed by atoms with Crippen LogP contribution in [0.3, 0.4) is 0 Å². The molecule has 0 aromatic heterocycles. The Morgan fingerprint density at radius 1 is 1.50 bits per heavy atom. The number of hydrogen-bond acceptors (Lipinski definition) is 4. The van der Waals surface area contributed by atoms with Crippen molar-refractivity contribution < 1.29 is 9.94 Å². The molecule has 0 saturated heterocycles. The van der Waals surface area contributed by atoms with Gasteiger partial charge < -0.3 is 21.0 Å². The van der Waals surface area contributed by atoms with Crippen molar-refractivity contribution in [2.24, 2.45) is 10.9 Å². The number of amidine groups is 1. The van der Waals surface area contributed by atoms with Crippen molar-refractivity contribution in [2.75, 3.05) is 13.7 Å². The molecule has 84 valence electrons. The molecule has 0 amide bonds. The monoisotopic (exact) mass is 203 g/mol. The maximum Gasteiger partial charge on any atom is 0.156 e. The Bertz CT molecular complexity index is 173. The van der Waals surface area contributed by atoms with Crippen molar-refractivity contribution >= 4 is 5.84 Å². The van der Waals surface area contributed by atoms with Crippen LogP contribution < -0.4 is 11.1 Å². The van der Waals surface area contributed by atoms with Crippen molar-refractivity contribution in [1.82, 2.24) is 5.32 Å². The second-order valence-electron chi connectivity index (χ2n) is 3.21. The van der Waals surface area contributed by atoms with Gasteiger partial charge in [-0.3, -0.25) is 0 Å². The molecule has 0 rings (SSSR count). The van der Waals surface area contributed by atoms with Crippen molar-refractivity contribution in [2.45, 2.75) is 38.8 Å². The standard InChI is InChI=1S/C9H21N3O2/c1-4-7(6-14-3)11-8(5-2)9(10)12-13/h7-8,11,13H,4-6H2,1-3H3,(H2,10,12). The summed E-state index contributed by atoms with van der Waals surface area (Å²) in [5.41, 5.74) is 5.52. The number of ether oxygens (including phenoxy) is 1. The second kappa shape index (κ2) is 7.58. The van der Waals surface area contributed by atoms with Gasteiger partial charge in [0.05, 0.1) is 12.6 Å². The van der Waals surface area contributed by atoms with Gasteiger partial charge >= 0.3 is 0 Å². The predicted molar refractivity (Wildman–Crippen MR) is 56.6 cm³/mol. The molecule has 2 unspecified atom stereocenters. The number of methoxy groups -OCH3 is 1. The van der Waals surface area contributed by atoms with Gasteiger partial charge in [-0.05, 0) is 12.8 Å². The molecule has 2 atom stereocenters. The molecule has 5 heteroatoms. The Hall–Kier alpha value is -0.810. The summed E-state index contributed by atoms with van der Waals surface area (Å²) in [6.07, 6.45) is 1.74. The molecule has 4 N–H and O–H groups in total. The summed E-state index contributed by atoms with van der Waals surface area (Å²) in [6.45, 7) is 4.68. The smallest absolute Gasteiger partial charge is 0.156 e. The van der Waals surface area contributed by atoms with Gasteiger partial charge in [-0.2, -0.15) is 0 Å². The number of rotatable bonds is 7. The average Bonchev–Trinajstić information content (AvgIpc) is 2.23. The average molecular weight is 203 g/mol. The molecule has 14 heavy (non-hydrogen) atoms. The van der Waals surface area contributed by atoms with Crippen molar-refractivity contribution in [1.29, 1.82) is 0 Å². The molecule has 0 radical (unpaired) electrons. The van der Waals surface area contributed by atoms with Crippen LogP contribution >= 0.6 is 0 Å². The normalized spacial score (nSPS) is 16.6. The molecule has 0 heterocycles. The van der Waals surface area contributed by atoms with Crippen molar-refractivity contribution in [3.63, 3.8) is 0 Å².